The molecule has 1 aliphatic heterocycles. The van der Waals surface area contributed by atoms with Crippen molar-refractivity contribution < 1.29 is 9.53 Å². The lowest BCUT2D eigenvalue weighted by Gasteiger charge is -2.39. The molecule has 0 radical (unpaired) electrons. The number of aryl methyl sites for hydroxylation is 1. The van der Waals surface area contributed by atoms with Crippen molar-refractivity contribution in [3.63, 3.8) is 0 Å². The number of primary amides is 1. The summed E-state index contributed by atoms with van der Waals surface area (Å²) in [6.45, 7) is 7.12. The van der Waals surface area contributed by atoms with Gasteiger partial charge in [-0.2, -0.15) is 4.98 Å². The lowest BCUT2D eigenvalue weighted by atomic mass is 10.1. The number of carbonyl (C=O) groups is 1. The number of aromatic nitrogens is 2. The summed E-state index contributed by atoms with van der Waals surface area (Å²) in [7, 11) is 2.15. The third-order valence-electron chi connectivity index (χ3n) is 6.03. The standard InChI is InChI=1S/C25H31N7O2/c1-4-21-25(34-20-7-5-6-17(26)14-20)30-24(22(29-21)23(27)33)28-18-8-10-19(11-9-18)32-13-12-31(3)16(2)15-32/h5-11,14,16H,4,12-13,15,26H2,1-3H3,(H2,27,33)(H,28,30)/t16-/m1/s1. The highest BCUT2D eigenvalue weighted by atomic mass is 16.5. The molecule has 34 heavy (non-hydrogen) atoms. The molecular formula is C25H31N7O2. The zero-order chi connectivity index (χ0) is 24.2. The fourth-order valence-corrected chi connectivity index (χ4v) is 3.89. The second-order valence-corrected chi connectivity index (χ2v) is 8.51. The number of carbonyl (C=O) groups excluding carboxylic acids is 1. The van der Waals surface area contributed by atoms with Gasteiger partial charge in [0.2, 0.25) is 5.88 Å². The smallest absolute Gasteiger partial charge is 0.271 e. The van der Waals surface area contributed by atoms with Gasteiger partial charge in [0.25, 0.3) is 5.91 Å². The summed E-state index contributed by atoms with van der Waals surface area (Å²) in [5, 5.41) is 3.18. The van der Waals surface area contributed by atoms with Gasteiger partial charge in [-0.05, 0) is 56.8 Å². The number of nitrogens with one attached hydrogen (secondary N) is 1. The van der Waals surface area contributed by atoms with Gasteiger partial charge in [0.1, 0.15) is 11.4 Å². The summed E-state index contributed by atoms with van der Waals surface area (Å²) < 4.78 is 5.96. The Morgan fingerprint density at radius 2 is 1.94 bits per heavy atom. The van der Waals surface area contributed by atoms with E-state index in [1.807, 2.05) is 19.1 Å². The highest BCUT2D eigenvalue weighted by Crippen LogP contribution is 2.29. The normalized spacial score (nSPS) is 16.3. The molecule has 0 unspecified atom stereocenters. The number of rotatable bonds is 7. The van der Waals surface area contributed by atoms with E-state index in [9.17, 15) is 4.79 Å². The second kappa shape index (κ2) is 9.96. The molecule has 9 nitrogen and oxygen atoms in total. The second-order valence-electron chi connectivity index (χ2n) is 8.51. The summed E-state index contributed by atoms with van der Waals surface area (Å²) in [5.74, 6) is 0.406. The molecule has 2 heterocycles. The molecule has 0 bridgehead atoms. The summed E-state index contributed by atoms with van der Waals surface area (Å²) in [6.07, 6.45) is 0.517. The predicted molar refractivity (Wildman–Crippen MR) is 135 cm³/mol. The molecule has 9 heteroatoms. The van der Waals surface area contributed by atoms with Gasteiger partial charge < -0.3 is 31.3 Å². The first-order valence-corrected chi connectivity index (χ1v) is 11.4. The molecule has 1 amide bonds. The molecule has 178 valence electrons. The third-order valence-corrected chi connectivity index (χ3v) is 6.03. The van der Waals surface area contributed by atoms with Crippen LogP contribution in [0.5, 0.6) is 11.6 Å². The van der Waals surface area contributed by atoms with Crippen LogP contribution < -0.4 is 26.4 Å². The minimum absolute atomic E-state index is 0.0637. The van der Waals surface area contributed by atoms with Crippen LogP contribution in [-0.2, 0) is 6.42 Å². The molecule has 0 spiro atoms. The molecule has 4 rings (SSSR count). The van der Waals surface area contributed by atoms with Crippen LogP contribution in [-0.4, -0.2) is 53.5 Å². The Labute approximate surface area is 199 Å². The van der Waals surface area contributed by atoms with Gasteiger partial charge in [0, 0.05) is 48.8 Å². The summed E-state index contributed by atoms with van der Waals surface area (Å²) >= 11 is 0. The zero-order valence-electron chi connectivity index (χ0n) is 19.8. The van der Waals surface area contributed by atoms with Gasteiger partial charge >= 0.3 is 0 Å². The van der Waals surface area contributed by atoms with Crippen molar-refractivity contribution >= 4 is 28.8 Å². The Kier molecular flexibility index (Phi) is 6.83. The van der Waals surface area contributed by atoms with Crippen molar-refractivity contribution in [3.05, 3.63) is 59.9 Å². The molecule has 1 saturated heterocycles. The summed E-state index contributed by atoms with van der Waals surface area (Å²) in [6, 6.07) is 15.6. The number of ether oxygens (including phenoxy) is 1. The Bertz CT molecular complexity index is 1170. The van der Waals surface area contributed by atoms with Crippen molar-refractivity contribution in [1.82, 2.24) is 14.9 Å². The highest BCUT2D eigenvalue weighted by Gasteiger charge is 2.21. The molecule has 0 saturated carbocycles. The number of nitrogens with zero attached hydrogens (tertiary/aromatic N) is 4. The maximum Gasteiger partial charge on any atom is 0.271 e. The number of likely N-dealkylation sites (N-methyl/N-ethyl adjacent to an activating group) is 1. The van der Waals surface area contributed by atoms with Crippen LogP contribution in [0.1, 0.15) is 30.0 Å². The first-order chi connectivity index (χ1) is 16.3. The number of amides is 1. The van der Waals surface area contributed by atoms with E-state index in [-0.39, 0.29) is 11.5 Å². The first kappa shape index (κ1) is 23.3. The fraction of sp³-hybridized carbons (Fsp3) is 0.320. The van der Waals surface area contributed by atoms with Gasteiger partial charge in [-0.25, -0.2) is 4.98 Å². The minimum atomic E-state index is -0.664. The van der Waals surface area contributed by atoms with Gasteiger partial charge in [-0.3, -0.25) is 4.79 Å². The van der Waals surface area contributed by atoms with Gasteiger partial charge in [-0.1, -0.05) is 13.0 Å². The number of nitrogen functional groups attached to an aromatic ring is 1. The Balaban J connectivity index is 1.59. The van der Waals surface area contributed by atoms with Gasteiger partial charge in [0.15, 0.2) is 11.5 Å². The van der Waals surface area contributed by atoms with E-state index in [0.717, 1.165) is 31.0 Å². The topological polar surface area (TPSA) is 123 Å². The van der Waals surface area contributed by atoms with E-state index >= 15 is 0 Å². The van der Waals surface area contributed by atoms with E-state index in [2.05, 4.69) is 51.2 Å². The highest BCUT2D eigenvalue weighted by molar-refractivity contribution is 5.96. The van der Waals surface area contributed by atoms with Crippen LogP contribution in [0.15, 0.2) is 48.5 Å². The molecule has 2 aromatic carbocycles. The number of hydrogen-bond donors (Lipinski definition) is 3. The molecule has 0 aliphatic carbocycles. The van der Waals surface area contributed by atoms with E-state index < -0.39 is 5.91 Å². The van der Waals surface area contributed by atoms with Crippen LogP contribution >= 0.6 is 0 Å². The zero-order valence-corrected chi connectivity index (χ0v) is 19.8. The minimum Gasteiger partial charge on any atom is -0.437 e. The van der Waals surface area contributed by atoms with Crippen LogP contribution in [0.4, 0.5) is 22.9 Å². The number of nitrogens with two attached hydrogens (primary N) is 2. The molecule has 5 N–H and O–H groups in total. The lowest BCUT2D eigenvalue weighted by molar-refractivity contribution is 0.0996. The van der Waals surface area contributed by atoms with Crippen molar-refractivity contribution in [2.75, 3.05) is 42.6 Å². The van der Waals surface area contributed by atoms with Crippen molar-refractivity contribution in [2.24, 2.45) is 5.73 Å². The largest absolute Gasteiger partial charge is 0.437 e. The van der Waals surface area contributed by atoms with E-state index in [0.29, 0.717) is 35.5 Å². The van der Waals surface area contributed by atoms with Crippen molar-refractivity contribution in [2.45, 2.75) is 26.3 Å². The fourth-order valence-electron chi connectivity index (χ4n) is 3.89. The average Bonchev–Trinajstić information content (AvgIpc) is 2.81. The number of anilines is 4. The maximum absolute atomic E-state index is 12.1. The molecule has 1 fully saturated rings. The van der Waals surface area contributed by atoms with E-state index in [4.69, 9.17) is 16.2 Å². The molecule has 1 aromatic heterocycles. The summed E-state index contributed by atoms with van der Waals surface area (Å²) in [4.78, 5) is 25.9. The maximum atomic E-state index is 12.1. The van der Waals surface area contributed by atoms with Crippen LogP contribution in [0, 0.1) is 0 Å². The average molecular weight is 462 g/mol. The van der Waals surface area contributed by atoms with Crippen molar-refractivity contribution in [1.29, 1.82) is 0 Å². The van der Waals surface area contributed by atoms with Gasteiger partial charge in [-0.15, -0.1) is 0 Å². The Morgan fingerprint density at radius 1 is 1.18 bits per heavy atom. The molecular weight excluding hydrogens is 430 g/mol. The number of piperazine rings is 1. The van der Waals surface area contributed by atoms with Crippen LogP contribution in [0.2, 0.25) is 0 Å². The Hall–Kier alpha value is -3.85. The monoisotopic (exact) mass is 461 g/mol. The Morgan fingerprint density at radius 3 is 2.59 bits per heavy atom. The molecule has 1 aliphatic rings. The van der Waals surface area contributed by atoms with Crippen LogP contribution in [0.25, 0.3) is 0 Å². The predicted octanol–water partition coefficient (Wildman–Crippen LogP) is 3.40. The van der Waals surface area contributed by atoms with E-state index in [1.165, 1.54) is 0 Å². The van der Waals surface area contributed by atoms with Crippen molar-refractivity contribution in [3.8, 4) is 11.6 Å². The van der Waals surface area contributed by atoms with E-state index in [1.54, 1.807) is 24.3 Å². The quantitative estimate of drug-likeness (QED) is 0.458. The van der Waals surface area contributed by atoms with Gasteiger partial charge in [0.05, 0.1) is 0 Å². The number of benzene rings is 2. The van der Waals surface area contributed by atoms with Crippen LogP contribution in [0.3, 0.4) is 0 Å². The molecule has 3 aromatic rings. The SMILES string of the molecule is CCc1nc(C(N)=O)c(Nc2ccc(N3CCN(C)[C@H](C)C3)cc2)nc1Oc1cccc(N)c1. The summed E-state index contributed by atoms with van der Waals surface area (Å²) in [5.41, 5.74) is 14.6. The lowest BCUT2D eigenvalue weighted by Crippen LogP contribution is -2.50. The first-order valence-electron chi connectivity index (χ1n) is 11.4. The molecule has 1 atom stereocenters. The third kappa shape index (κ3) is 5.20. The number of hydrogen-bond acceptors (Lipinski definition) is 8.